The van der Waals surface area contributed by atoms with E-state index in [4.69, 9.17) is 0 Å². The molecule has 0 saturated carbocycles. The van der Waals surface area contributed by atoms with E-state index in [0.29, 0.717) is 19.6 Å². The highest BCUT2D eigenvalue weighted by Gasteiger charge is 2.22. The molecule has 6 heteroatoms. The van der Waals surface area contributed by atoms with E-state index in [0.717, 1.165) is 30.6 Å². The van der Waals surface area contributed by atoms with Crippen LogP contribution in [0.4, 0.5) is 0 Å². The molecule has 0 N–H and O–H groups in total. The number of carbonyl (C=O) groups excluding carboxylic acids is 1. The van der Waals surface area contributed by atoms with Gasteiger partial charge in [-0.25, -0.2) is 0 Å². The number of thiophene rings is 1. The van der Waals surface area contributed by atoms with Crippen molar-refractivity contribution in [3.05, 3.63) is 56.1 Å². The van der Waals surface area contributed by atoms with Crippen molar-refractivity contribution in [1.82, 2.24) is 14.4 Å². The maximum absolute atomic E-state index is 12.6. The number of rotatable bonds is 4. The lowest BCUT2D eigenvalue weighted by atomic mass is 10.1. The van der Waals surface area contributed by atoms with Crippen LogP contribution in [0.1, 0.15) is 21.6 Å². The number of aromatic nitrogens is 1. The smallest absolute Gasteiger partial charge is 0.254 e. The number of nitrogens with zero attached hydrogens (tertiary/aromatic N) is 3. The largest absolute Gasteiger partial charge is 0.338 e. The van der Waals surface area contributed by atoms with Gasteiger partial charge in [0.1, 0.15) is 0 Å². The van der Waals surface area contributed by atoms with Gasteiger partial charge in [-0.1, -0.05) is 6.07 Å². The third-order valence-electron chi connectivity index (χ3n) is 4.49. The Kier molecular flexibility index (Phi) is 5.16. The molecule has 0 fully saturated rings. The van der Waals surface area contributed by atoms with E-state index in [1.165, 1.54) is 5.56 Å². The monoisotopic (exact) mass is 345 g/mol. The fourth-order valence-electron chi connectivity index (χ4n) is 3.11. The second-order valence-electron chi connectivity index (χ2n) is 6.40. The summed E-state index contributed by atoms with van der Waals surface area (Å²) in [5.74, 6) is 0.0891. The molecule has 128 valence electrons. The van der Waals surface area contributed by atoms with Gasteiger partial charge in [0, 0.05) is 49.7 Å². The van der Waals surface area contributed by atoms with E-state index < -0.39 is 0 Å². The summed E-state index contributed by atoms with van der Waals surface area (Å²) >= 11 is 1.54. The summed E-state index contributed by atoms with van der Waals surface area (Å²) in [6, 6.07) is 5.46. The number of hydrogen-bond donors (Lipinski definition) is 0. The molecule has 0 bridgehead atoms. The molecule has 0 radical (unpaired) electrons. The number of carbonyl (C=O) groups is 1. The van der Waals surface area contributed by atoms with Crippen LogP contribution in [0.15, 0.2) is 33.8 Å². The van der Waals surface area contributed by atoms with Crippen molar-refractivity contribution in [2.75, 3.05) is 33.7 Å². The van der Waals surface area contributed by atoms with Crippen LogP contribution in [0.5, 0.6) is 0 Å². The number of amides is 1. The van der Waals surface area contributed by atoms with E-state index in [1.807, 2.05) is 46.5 Å². The van der Waals surface area contributed by atoms with Crippen LogP contribution in [-0.4, -0.2) is 54.0 Å². The lowest BCUT2D eigenvalue weighted by Crippen LogP contribution is -2.33. The van der Waals surface area contributed by atoms with Gasteiger partial charge >= 0.3 is 0 Å². The van der Waals surface area contributed by atoms with Crippen molar-refractivity contribution in [1.29, 1.82) is 0 Å². The minimum absolute atomic E-state index is 0.0493. The minimum atomic E-state index is 0.0493. The molecule has 2 aromatic heterocycles. The summed E-state index contributed by atoms with van der Waals surface area (Å²) in [4.78, 5) is 28.9. The SMILES string of the molecule is CN(C)CCn1c2c(ccc1=O)CCN(C(=O)c1ccsc1)CC2. The van der Waals surface area contributed by atoms with Crippen molar-refractivity contribution >= 4 is 17.2 Å². The Labute approximate surface area is 146 Å². The molecule has 0 aliphatic carbocycles. The van der Waals surface area contributed by atoms with E-state index in [9.17, 15) is 9.59 Å². The molecule has 0 aromatic carbocycles. The summed E-state index contributed by atoms with van der Waals surface area (Å²) < 4.78 is 1.88. The normalized spacial score (nSPS) is 14.5. The van der Waals surface area contributed by atoms with Gasteiger partial charge in [0.2, 0.25) is 0 Å². The summed E-state index contributed by atoms with van der Waals surface area (Å²) in [5, 5.41) is 3.83. The molecule has 3 heterocycles. The Morgan fingerprint density at radius 3 is 2.71 bits per heavy atom. The highest BCUT2D eigenvalue weighted by atomic mass is 32.1. The van der Waals surface area contributed by atoms with Gasteiger partial charge in [0.25, 0.3) is 11.5 Å². The fraction of sp³-hybridized carbons (Fsp3) is 0.444. The first kappa shape index (κ1) is 16.9. The van der Waals surface area contributed by atoms with Crippen LogP contribution in [0.2, 0.25) is 0 Å². The zero-order valence-electron chi connectivity index (χ0n) is 14.2. The van der Waals surface area contributed by atoms with Crippen molar-refractivity contribution in [2.45, 2.75) is 19.4 Å². The molecule has 2 aromatic rings. The molecule has 5 nitrogen and oxygen atoms in total. The van der Waals surface area contributed by atoms with Crippen LogP contribution in [-0.2, 0) is 19.4 Å². The molecule has 1 aliphatic heterocycles. The van der Waals surface area contributed by atoms with Crippen LogP contribution >= 0.6 is 11.3 Å². The zero-order chi connectivity index (χ0) is 17.1. The highest BCUT2D eigenvalue weighted by molar-refractivity contribution is 7.08. The summed E-state index contributed by atoms with van der Waals surface area (Å²) in [7, 11) is 4.02. The Balaban J connectivity index is 1.81. The van der Waals surface area contributed by atoms with Gasteiger partial charge in [0.05, 0.1) is 5.56 Å². The minimum Gasteiger partial charge on any atom is -0.338 e. The Morgan fingerprint density at radius 1 is 1.21 bits per heavy atom. The van der Waals surface area contributed by atoms with Gasteiger partial charge in [-0.2, -0.15) is 11.3 Å². The summed E-state index contributed by atoms with van der Waals surface area (Å²) in [6.45, 7) is 2.88. The van der Waals surface area contributed by atoms with Crippen molar-refractivity contribution < 1.29 is 4.79 Å². The molecule has 0 saturated heterocycles. The molecular weight excluding hydrogens is 322 g/mol. The maximum atomic E-state index is 12.6. The average Bonchev–Trinajstić information content (AvgIpc) is 3.00. The van der Waals surface area contributed by atoms with Gasteiger partial charge in [0.15, 0.2) is 0 Å². The van der Waals surface area contributed by atoms with Crippen molar-refractivity contribution in [3.63, 3.8) is 0 Å². The average molecular weight is 345 g/mol. The first-order valence-electron chi connectivity index (χ1n) is 8.24. The van der Waals surface area contributed by atoms with E-state index >= 15 is 0 Å². The molecule has 24 heavy (non-hydrogen) atoms. The van der Waals surface area contributed by atoms with Crippen LogP contribution in [0, 0.1) is 0 Å². The van der Waals surface area contributed by atoms with E-state index in [1.54, 1.807) is 17.4 Å². The lowest BCUT2D eigenvalue weighted by molar-refractivity contribution is 0.0763. The second-order valence-corrected chi connectivity index (χ2v) is 7.18. The Morgan fingerprint density at radius 2 is 2.00 bits per heavy atom. The quantitative estimate of drug-likeness (QED) is 0.847. The number of likely N-dealkylation sites (N-methyl/N-ethyl adjacent to an activating group) is 1. The van der Waals surface area contributed by atoms with Gasteiger partial charge in [-0.05, 0) is 37.5 Å². The number of hydrogen-bond acceptors (Lipinski definition) is 4. The van der Waals surface area contributed by atoms with Gasteiger partial charge in [-0.15, -0.1) is 0 Å². The number of fused-ring (bicyclic) bond motifs is 1. The topological polar surface area (TPSA) is 45.6 Å². The maximum Gasteiger partial charge on any atom is 0.254 e. The molecule has 1 amide bonds. The standard InChI is InChI=1S/C18H23N3O2S/c1-19(2)10-11-21-16-6-9-20(18(23)15-7-12-24-13-15)8-5-14(16)3-4-17(21)22/h3-4,7,12-13H,5-6,8-11H2,1-2H3. The molecule has 1 aliphatic rings. The van der Waals surface area contributed by atoms with Gasteiger partial charge in [-0.3, -0.25) is 9.59 Å². The fourth-order valence-corrected chi connectivity index (χ4v) is 3.74. The summed E-state index contributed by atoms with van der Waals surface area (Å²) in [6.07, 6.45) is 1.53. The van der Waals surface area contributed by atoms with Crippen LogP contribution in [0.25, 0.3) is 0 Å². The zero-order valence-corrected chi connectivity index (χ0v) is 15.0. The van der Waals surface area contributed by atoms with Gasteiger partial charge < -0.3 is 14.4 Å². The second kappa shape index (κ2) is 7.32. The summed E-state index contributed by atoms with van der Waals surface area (Å²) in [5.41, 5.74) is 3.09. The van der Waals surface area contributed by atoms with Crippen LogP contribution < -0.4 is 5.56 Å². The van der Waals surface area contributed by atoms with Crippen molar-refractivity contribution in [2.24, 2.45) is 0 Å². The molecule has 0 unspecified atom stereocenters. The highest BCUT2D eigenvalue weighted by Crippen LogP contribution is 2.17. The van der Waals surface area contributed by atoms with Crippen molar-refractivity contribution in [3.8, 4) is 0 Å². The molecule has 3 rings (SSSR count). The molecular formula is C18H23N3O2S. The first-order valence-corrected chi connectivity index (χ1v) is 9.18. The lowest BCUT2D eigenvalue weighted by Gasteiger charge is -2.20. The van der Waals surface area contributed by atoms with E-state index in [-0.39, 0.29) is 11.5 Å². The Bertz CT molecular complexity index is 765. The predicted octanol–water partition coefficient (Wildman–Crippen LogP) is 1.71. The van der Waals surface area contributed by atoms with Crippen LogP contribution in [0.3, 0.4) is 0 Å². The Hall–Kier alpha value is -1.92. The predicted molar refractivity (Wildman–Crippen MR) is 96.9 cm³/mol. The molecule has 0 spiro atoms. The third kappa shape index (κ3) is 3.60. The van der Waals surface area contributed by atoms with E-state index in [2.05, 4.69) is 4.90 Å². The first-order chi connectivity index (χ1) is 11.6. The molecule has 0 atom stereocenters. The number of pyridine rings is 1. The third-order valence-corrected chi connectivity index (χ3v) is 5.17.